The van der Waals surface area contributed by atoms with Gasteiger partial charge in [0, 0.05) is 31.0 Å². The first-order valence-corrected chi connectivity index (χ1v) is 9.04. The van der Waals surface area contributed by atoms with Crippen LogP contribution < -0.4 is 4.90 Å². The highest BCUT2D eigenvalue weighted by molar-refractivity contribution is 5.50. The highest BCUT2D eigenvalue weighted by atomic mass is 16.5. The average molecular weight is 301 g/mol. The molecule has 0 bridgehead atoms. The Labute approximate surface area is 133 Å². The van der Waals surface area contributed by atoms with Gasteiger partial charge in [0.25, 0.3) is 0 Å². The molecule has 0 spiro atoms. The molecule has 120 valence electrons. The van der Waals surface area contributed by atoms with Crippen molar-refractivity contribution in [2.45, 2.75) is 64.4 Å². The Balaban J connectivity index is 1.50. The Hall–Kier alpha value is -1.16. The Bertz CT molecular complexity index is 531. The number of hydrogen-bond donors (Lipinski definition) is 0. The van der Waals surface area contributed by atoms with Gasteiger partial charge in [-0.05, 0) is 64.2 Å². The second-order valence-corrected chi connectivity index (χ2v) is 7.10. The van der Waals surface area contributed by atoms with Gasteiger partial charge in [-0.15, -0.1) is 0 Å². The fourth-order valence-corrected chi connectivity index (χ4v) is 4.41. The first-order chi connectivity index (χ1) is 10.8. The smallest absolute Gasteiger partial charge is 0.135 e. The van der Waals surface area contributed by atoms with Gasteiger partial charge in [-0.1, -0.05) is 0 Å². The van der Waals surface area contributed by atoms with Crippen LogP contribution in [0.25, 0.3) is 0 Å². The van der Waals surface area contributed by atoms with E-state index in [1.165, 1.54) is 55.6 Å². The zero-order valence-electron chi connectivity index (χ0n) is 13.7. The zero-order valence-corrected chi connectivity index (χ0v) is 13.7. The summed E-state index contributed by atoms with van der Waals surface area (Å²) in [7, 11) is 0. The van der Waals surface area contributed by atoms with Crippen LogP contribution in [0.15, 0.2) is 0 Å². The summed E-state index contributed by atoms with van der Waals surface area (Å²) in [5, 5.41) is 0. The SMILES string of the molecule is Cc1nc2c(c(N3CCC(C4CCCO4)CC3)n1)CCCC2. The molecule has 4 heteroatoms. The third-order valence-corrected chi connectivity index (χ3v) is 5.60. The molecule has 3 aliphatic rings. The van der Waals surface area contributed by atoms with E-state index in [2.05, 4.69) is 9.88 Å². The van der Waals surface area contributed by atoms with E-state index in [0.717, 1.165) is 44.3 Å². The van der Waals surface area contributed by atoms with Crippen molar-refractivity contribution < 1.29 is 4.74 Å². The van der Waals surface area contributed by atoms with Crippen LogP contribution in [0.1, 0.15) is 55.6 Å². The standard InChI is InChI=1S/C18H27N3O/c1-13-19-16-6-3-2-5-15(16)18(20-13)21-10-8-14(9-11-21)17-7-4-12-22-17/h14,17H,2-12H2,1H3. The highest BCUT2D eigenvalue weighted by Crippen LogP contribution is 2.33. The summed E-state index contributed by atoms with van der Waals surface area (Å²) in [5.41, 5.74) is 2.75. The molecule has 0 N–H and O–H groups in total. The van der Waals surface area contributed by atoms with Crippen molar-refractivity contribution in [2.75, 3.05) is 24.6 Å². The summed E-state index contributed by atoms with van der Waals surface area (Å²) in [5.74, 6) is 2.95. The van der Waals surface area contributed by atoms with Crippen LogP contribution >= 0.6 is 0 Å². The molecule has 0 aromatic carbocycles. The second-order valence-electron chi connectivity index (χ2n) is 7.10. The van der Waals surface area contributed by atoms with Crippen LogP contribution in [0.2, 0.25) is 0 Å². The molecule has 1 aliphatic carbocycles. The molecule has 0 saturated carbocycles. The van der Waals surface area contributed by atoms with E-state index in [-0.39, 0.29) is 0 Å². The molecule has 2 saturated heterocycles. The maximum atomic E-state index is 5.90. The molecule has 22 heavy (non-hydrogen) atoms. The predicted octanol–water partition coefficient (Wildman–Crippen LogP) is 3.06. The maximum Gasteiger partial charge on any atom is 0.135 e. The molecule has 1 unspecified atom stereocenters. The monoisotopic (exact) mass is 301 g/mol. The van der Waals surface area contributed by atoms with E-state index in [1.807, 2.05) is 6.92 Å². The van der Waals surface area contributed by atoms with Crippen LogP contribution in [0, 0.1) is 12.8 Å². The fraction of sp³-hybridized carbons (Fsp3) is 0.778. The van der Waals surface area contributed by atoms with E-state index >= 15 is 0 Å². The van der Waals surface area contributed by atoms with Gasteiger partial charge in [0.1, 0.15) is 11.6 Å². The van der Waals surface area contributed by atoms with E-state index in [4.69, 9.17) is 9.72 Å². The minimum absolute atomic E-state index is 0.531. The number of nitrogens with zero attached hydrogens (tertiary/aromatic N) is 3. The van der Waals surface area contributed by atoms with Crippen LogP contribution in [0.5, 0.6) is 0 Å². The van der Waals surface area contributed by atoms with Gasteiger partial charge in [0.05, 0.1) is 6.10 Å². The van der Waals surface area contributed by atoms with Crippen molar-refractivity contribution in [2.24, 2.45) is 5.92 Å². The van der Waals surface area contributed by atoms with Crippen molar-refractivity contribution in [3.05, 3.63) is 17.1 Å². The quantitative estimate of drug-likeness (QED) is 0.841. The molecule has 0 amide bonds. The van der Waals surface area contributed by atoms with Crippen molar-refractivity contribution in [3.8, 4) is 0 Å². The van der Waals surface area contributed by atoms with E-state index in [1.54, 1.807) is 0 Å². The van der Waals surface area contributed by atoms with E-state index in [0.29, 0.717) is 6.10 Å². The molecule has 4 rings (SSSR count). The summed E-state index contributed by atoms with van der Waals surface area (Å²) in [4.78, 5) is 12.0. The average Bonchev–Trinajstić information content (AvgIpc) is 3.09. The summed E-state index contributed by atoms with van der Waals surface area (Å²) in [6.07, 6.45) is 10.4. The summed E-state index contributed by atoms with van der Waals surface area (Å²) in [6.45, 7) is 5.28. The zero-order chi connectivity index (χ0) is 14.9. The first-order valence-electron chi connectivity index (χ1n) is 9.04. The van der Waals surface area contributed by atoms with Crippen LogP contribution in [-0.2, 0) is 17.6 Å². The van der Waals surface area contributed by atoms with Crippen LogP contribution in [0.3, 0.4) is 0 Å². The number of aromatic nitrogens is 2. The molecular weight excluding hydrogens is 274 g/mol. The van der Waals surface area contributed by atoms with Crippen molar-refractivity contribution in [1.29, 1.82) is 0 Å². The lowest BCUT2D eigenvalue weighted by atomic mass is 9.89. The maximum absolute atomic E-state index is 5.90. The molecule has 1 aromatic heterocycles. The first kappa shape index (κ1) is 14.4. The normalized spacial score (nSPS) is 26.2. The van der Waals surface area contributed by atoms with Gasteiger partial charge < -0.3 is 9.64 Å². The molecule has 4 nitrogen and oxygen atoms in total. The number of rotatable bonds is 2. The molecule has 1 atom stereocenters. The predicted molar refractivity (Wildman–Crippen MR) is 87.3 cm³/mol. The Morgan fingerprint density at radius 3 is 2.59 bits per heavy atom. The molecule has 1 aromatic rings. The lowest BCUT2D eigenvalue weighted by Crippen LogP contribution is -2.39. The van der Waals surface area contributed by atoms with Gasteiger partial charge in [0.2, 0.25) is 0 Å². The van der Waals surface area contributed by atoms with Gasteiger partial charge in [-0.3, -0.25) is 0 Å². The largest absolute Gasteiger partial charge is 0.378 e. The molecule has 2 fully saturated rings. The third kappa shape index (κ3) is 2.73. The van der Waals surface area contributed by atoms with E-state index < -0.39 is 0 Å². The van der Waals surface area contributed by atoms with Crippen molar-refractivity contribution in [3.63, 3.8) is 0 Å². The summed E-state index contributed by atoms with van der Waals surface area (Å²) < 4.78 is 5.90. The van der Waals surface area contributed by atoms with Crippen LogP contribution in [-0.4, -0.2) is 35.8 Å². The molecular formula is C18H27N3O. The van der Waals surface area contributed by atoms with E-state index in [9.17, 15) is 0 Å². The topological polar surface area (TPSA) is 38.2 Å². The van der Waals surface area contributed by atoms with Crippen molar-refractivity contribution >= 4 is 5.82 Å². The third-order valence-electron chi connectivity index (χ3n) is 5.60. The fourth-order valence-electron chi connectivity index (χ4n) is 4.41. The van der Waals surface area contributed by atoms with Gasteiger partial charge in [-0.25, -0.2) is 9.97 Å². The number of hydrogen-bond acceptors (Lipinski definition) is 4. The van der Waals surface area contributed by atoms with Crippen molar-refractivity contribution in [1.82, 2.24) is 9.97 Å². The minimum atomic E-state index is 0.531. The number of anilines is 1. The number of aryl methyl sites for hydroxylation is 2. The number of piperidine rings is 1. The number of ether oxygens (including phenoxy) is 1. The summed E-state index contributed by atoms with van der Waals surface area (Å²) >= 11 is 0. The van der Waals surface area contributed by atoms with Crippen LogP contribution in [0.4, 0.5) is 5.82 Å². The molecule has 2 aliphatic heterocycles. The Morgan fingerprint density at radius 2 is 1.82 bits per heavy atom. The number of fused-ring (bicyclic) bond motifs is 1. The summed E-state index contributed by atoms with van der Waals surface area (Å²) in [6, 6.07) is 0. The van der Waals surface area contributed by atoms with Gasteiger partial charge in [-0.2, -0.15) is 0 Å². The van der Waals surface area contributed by atoms with Gasteiger partial charge >= 0.3 is 0 Å². The highest BCUT2D eigenvalue weighted by Gasteiger charge is 2.31. The second kappa shape index (κ2) is 6.15. The molecule has 3 heterocycles. The Kier molecular flexibility index (Phi) is 4.03. The van der Waals surface area contributed by atoms with Gasteiger partial charge in [0.15, 0.2) is 0 Å². The molecule has 0 radical (unpaired) electrons. The Morgan fingerprint density at radius 1 is 1.00 bits per heavy atom. The lowest BCUT2D eigenvalue weighted by molar-refractivity contribution is 0.0531. The minimum Gasteiger partial charge on any atom is -0.378 e. The lowest BCUT2D eigenvalue weighted by Gasteiger charge is -2.36.